The topological polar surface area (TPSA) is 92.5 Å². The van der Waals surface area contributed by atoms with Crippen LogP contribution in [-0.2, 0) is 14.8 Å². The van der Waals surface area contributed by atoms with Crippen LogP contribution in [0.5, 0.6) is 0 Å². The molecule has 112 valence electrons. The summed E-state index contributed by atoms with van der Waals surface area (Å²) in [5.74, 6) is 0.0200. The van der Waals surface area contributed by atoms with Gasteiger partial charge in [0.15, 0.2) is 0 Å². The number of carbonyl (C=O) groups is 1. The third-order valence-corrected chi connectivity index (χ3v) is 4.22. The van der Waals surface area contributed by atoms with E-state index in [1.807, 2.05) is 11.8 Å². The molecule has 0 spiro atoms. The number of hydrogen-bond acceptors (Lipinski definition) is 4. The van der Waals surface area contributed by atoms with E-state index in [1.165, 1.54) is 0 Å². The van der Waals surface area contributed by atoms with Gasteiger partial charge in [0.1, 0.15) is 0 Å². The molecule has 1 aliphatic rings. The number of amides is 1. The lowest BCUT2D eigenvalue weighted by Crippen LogP contribution is -2.48. The monoisotopic (exact) mass is 291 g/mol. The van der Waals surface area contributed by atoms with Crippen molar-refractivity contribution in [3.05, 3.63) is 0 Å². The summed E-state index contributed by atoms with van der Waals surface area (Å²) in [7, 11) is -3.16. The number of likely N-dealkylation sites (tertiary alicyclic amines) is 1. The summed E-state index contributed by atoms with van der Waals surface area (Å²) in [6.07, 6.45) is 4.26. The van der Waals surface area contributed by atoms with Gasteiger partial charge in [-0.05, 0) is 19.3 Å². The van der Waals surface area contributed by atoms with Gasteiger partial charge < -0.3 is 10.6 Å². The van der Waals surface area contributed by atoms with Crippen molar-refractivity contribution in [2.45, 2.75) is 38.6 Å². The predicted molar refractivity (Wildman–Crippen MR) is 75.0 cm³/mol. The molecule has 0 radical (unpaired) electrons. The van der Waals surface area contributed by atoms with E-state index in [9.17, 15) is 13.2 Å². The number of carbonyl (C=O) groups excluding carboxylic acids is 1. The molecule has 7 heteroatoms. The molecule has 0 saturated carbocycles. The van der Waals surface area contributed by atoms with Gasteiger partial charge in [-0.25, -0.2) is 13.1 Å². The second-order valence-electron chi connectivity index (χ2n) is 5.21. The van der Waals surface area contributed by atoms with E-state index in [4.69, 9.17) is 5.73 Å². The first kappa shape index (κ1) is 16.4. The summed E-state index contributed by atoms with van der Waals surface area (Å²) < 4.78 is 24.9. The molecular weight excluding hydrogens is 266 g/mol. The van der Waals surface area contributed by atoms with Crippen molar-refractivity contribution in [3.8, 4) is 0 Å². The van der Waals surface area contributed by atoms with Gasteiger partial charge in [0, 0.05) is 25.7 Å². The Labute approximate surface area is 115 Å². The zero-order valence-electron chi connectivity index (χ0n) is 11.8. The Balaban J connectivity index is 2.47. The summed E-state index contributed by atoms with van der Waals surface area (Å²) in [5, 5.41) is 0. The van der Waals surface area contributed by atoms with E-state index in [0.29, 0.717) is 32.5 Å². The molecule has 19 heavy (non-hydrogen) atoms. The van der Waals surface area contributed by atoms with Crippen LogP contribution in [0.2, 0.25) is 0 Å². The van der Waals surface area contributed by atoms with Gasteiger partial charge in [-0.1, -0.05) is 13.3 Å². The minimum absolute atomic E-state index is 0.0541. The average molecular weight is 291 g/mol. The van der Waals surface area contributed by atoms with Crippen LogP contribution in [0.15, 0.2) is 0 Å². The van der Waals surface area contributed by atoms with Crippen LogP contribution in [-0.4, -0.2) is 51.2 Å². The molecule has 1 rings (SSSR count). The second kappa shape index (κ2) is 7.21. The Morgan fingerprint density at radius 1 is 1.42 bits per heavy atom. The van der Waals surface area contributed by atoms with Crippen LogP contribution in [0.25, 0.3) is 0 Å². The number of nitrogens with zero attached hydrogens (tertiary/aromatic N) is 1. The van der Waals surface area contributed by atoms with Gasteiger partial charge in [0.05, 0.1) is 12.2 Å². The molecule has 1 aliphatic heterocycles. The molecule has 1 unspecified atom stereocenters. The first-order valence-corrected chi connectivity index (χ1v) is 8.72. The van der Waals surface area contributed by atoms with Gasteiger partial charge in [-0.2, -0.15) is 0 Å². The standard InChI is InChI=1S/C12H25N3O3S/c1-3-4-10(9-13)12(16)15-7-5-11(6-8-15)14-19(2,17)18/h10-11,14H,3-9,13H2,1-2H3. The fourth-order valence-corrected chi connectivity index (χ4v) is 3.31. The molecule has 1 atom stereocenters. The van der Waals surface area contributed by atoms with Crippen molar-refractivity contribution in [2.75, 3.05) is 25.9 Å². The van der Waals surface area contributed by atoms with Crippen molar-refractivity contribution in [3.63, 3.8) is 0 Å². The van der Waals surface area contributed by atoms with Gasteiger partial charge in [0.2, 0.25) is 15.9 Å². The summed E-state index contributed by atoms with van der Waals surface area (Å²) in [6, 6.07) is -0.0541. The molecule has 0 aromatic rings. The summed E-state index contributed by atoms with van der Waals surface area (Å²) in [4.78, 5) is 14.0. The van der Waals surface area contributed by atoms with Crippen LogP contribution in [0, 0.1) is 5.92 Å². The first-order valence-electron chi connectivity index (χ1n) is 6.83. The Morgan fingerprint density at radius 2 is 2.00 bits per heavy atom. The van der Waals surface area contributed by atoms with Gasteiger partial charge >= 0.3 is 0 Å². The number of nitrogens with two attached hydrogens (primary N) is 1. The molecule has 1 amide bonds. The predicted octanol–water partition coefficient (Wildman–Crippen LogP) is -0.0984. The van der Waals surface area contributed by atoms with Crippen molar-refractivity contribution < 1.29 is 13.2 Å². The Hall–Kier alpha value is -0.660. The highest BCUT2D eigenvalue weighted by Crippen LogP contribution is 2.16. The van der Waals surface area contributed by atoms with E-state index in [0.717, 1.165) is 19.1 Å². The minimum atomic E-state index is -3.16. The van der Waals surface area contributed by atoms with Gasteiger partial charge in [0.25, 0.3) is 0 Å². The van der Waals surface area contributed by atoms with E-state index < -0.39 is 10.0 Å². The molecule has 0 aromatic carbocycles. The number of nitrogens with one attached hydrogen (secondary N) is 1. The van der Waals surface area contributed by atoms with Crippen LogP contribution in [0.4, 0.5) is 0 Å². The van der Waals surface area contributed by atoms with Crippen LogP contribution >= 0.6 is 0 Å². The molecule has 1 fully saturated rings. The smallest absolute Gasteiger partial charge is 0.226 e. The quantitative estimate of drug-likeness (QED) is 0.715. The molecule has 1 saturated heterocycles. The normalized spacial score (nSPS) is 19.4. The zero-order valence-corrected chi connectivity index (χ0v) is 12.6. The highest BCUT2D eigenvalue weighted by atomic mass is 32.2. The molecular formula is C12H25N3O3S. The zero-order chi connectivity index (χ0) is 14.5. The highest BCUT2D eigenvalue weighted by Gasteiger charge is 2.27. The van der Waals surface area contributed by atoms with E-state index in [-0.39, 0.29) is 17.9 Å². The lowest BCUT2D eigenvalue weighted by Gasteiger charge is -2.34. The van der Waals surface area contributed by atoms with E-state index in [1.54, 1.807) is 0 Å². The summed E-state index contributed by atoms with van der Waals surface area (Å²) in [6.45, 7) is 3.63. The van der Waals surface area contributed by atoms with Crippen molar-refractivity contribution in [1.29, 1.82) is 0 Å². The summed E-state index contributed by atoms with van der Waals surface area (Å²) in [5.41, 5.74) is 5.64. The fraction of sp³-hybridized carbons (Fsp3) is 0.917. The summed E-state index contributed by atoms with van der Waals surface area (Å²) >= 11 is 0. The average Bonchev–Trinajstić information content (AvgIpc) is 2.34. The third kappa shape index (κ3) is 5.46. The van der Waals surface area contributed by atoms with Gasteiger partial charge in [-0.3, -0.25) is 4.79 Å². The number of hydrogen-bond donors (Lipinski definition) is 2. The van der Waals surface area contributed by atoms with Crippen LogP contribution in [0.3, 0.4) is 0 Å². The van der Waals surface area contributed by atoms with Crippen LogP contribution in [0.1, 0.15) is 32.6 Å². The molecule has 0 aromatic heterocycles. The Morgan fingerprint density at radius 3 is 2.42 bits per heavy atom. The van der Waals surface area contributed by atoms with E-state index in [2.05, 4.69) is 4.72 Å². The Kier molecular flexibility index (Phi) is 6.22. The number of rotatable bonds is 6. The SMILES string of the molecule is CCCC(CN)C(=O)N1CCC(NS(C)(=O)=O)CC1. The number of piperidine rings is 1. The van der Waals surface area contributed by atoms with Crippen molar-refractivity contribution in [2.24, 2.45) is 11.7 Å². The maximum Gasteiger partial charge on any atom is 0.226 e. The van der Waals surface area contributed by atoms with Crippen LogP contribution < -0.4 is 10.5 Å². The Bertz CT molecular complexity index is 389. The lowest BCUT2D eigenvalue weighted by atomic mass is 9.99. The van der Waals surface area contributed by atoms with E-state index >= 15 is 0 Å². The fourth-order valence-electron chi connectivity index (χ4n) is 2.47. The van der Waals surface area contributed by atoms with Crippen molar-refractivity contribution >= 4 is 15.9 Å². The van der Waals surface area contributed by atoms with Crippen molar-refractivity contribution in [1.82, 2.24) is 9.62 Å². The molecule has 1 heterocycles. The molecule has 6 nitrogen and oxygen atoms in total. The molecule has 0 bridgehead atoms. The highest BCUT2D eigenvalue weighted by molar-refractivity contribution is 7.88. The third-order valence-electron chi connectivity index (χ3n) is 3.46. The maximum atomic E-state index is 12.2. The molecule has 0 aliphatic carbocycles. The molecule has 3 N–H and O–H groups in total. The minimum Gasteiger partial charge on any atom is -0.342 e. The largest absolute Gasteiger partial charge is 0.342 e. The second-order valence-corrected chi connectivity index (χ2v) is 6.99. The number of sulfonamides is 1. The lowest BCUT2D eigenvalue weighted by molar-refractivity contribution is -0.136. The maximum absolute atomic E-state index is 12.2. The first-order chi connectivity index (χ1) is 8.87. The van der Waals surface area contributed by atoms with Gasteiger partial charge in [-0.15, -0.1) is 0 Å².